The molecule has 9 aromatic rings. The molecule has 0 atom stereocenters. The van der Waals surface area contributed by atoms with E-state index in [1.165, 1.54) is 0 Å². The molecule has 0 spiro atoms. The molecule has 2 aromatic heterocycles. The van der Waals surface area contributed by atoms with Crippen LogP contribution in [0.3, 0.4) is 0 Å². The maximum absolute atomic E-state index is 9.66. The summed E-state index contributed by atoms with van der Waals surface area (Å²) in [5, 5.41) is -0.350. The first kappa shape index (κ1) is 19.2. The highest BCUT2D eigenvalue weighted by molar-refractivity contribution is 6.11. The number of para-hydroxylation sites is 1. The topological polar surface area (TPSA) is 51.8 Å². The summed E-state index contributed by atoms with van der Waals surface area (Å²) in [6.07, 6.45) is 0. The highest BCUT2D eigenvalue weighted by atomic mass is 16.3. The van der Waals surface area contributed by atoms with Crippen molar-refractivity contribution in [1.29, 1.82) is 0 Å². The molecule has 0 fully saturated rings. The average molecular weight is 639 g/mol. The molecule has 4 heteroatoms. The van der Waals surface area contributed by atoms with Crippen molar-refractivity contribution < 1.29 is 19.5 Å². The second-order valence-electron chi connectivity index (χ2n) is 11.2. The predicted octanol–water partition coefficient (Wildman–Crippen LogP) is 11.8. The summed E-state index contributed by atoms with van der Waals surface area (Å²) >= 11 is 0. The predicted molar refractivity (Wildman–Crippen MR) is 200 cm³/mol. The van der Waals surface area contributed by atoms with Crippen LogP contribution in [-0.4, -0.2) is 15.0 Å². The SMILES string of the molecule is [2H]c1c([2H])c([2H])c(-c2c([2H])c(-c3nc(-c4ccccc4)nc(-c4ccc(-c5ccc(-c6ccccc6)cc5)cc4)n3)c3oc4c([2H])c([2H])c([2H])c([2H])c4c3c2[2H])c([2H])c1[2H]. The summed E-state index contributed by atoms with van der Waals surface area (Å²) in [4.78, 5) is 14.4. The Hall–Kier alpha value is -6.65. The van der Waals surface area contributed by atoms with Crippen LogP contribution in [0.25, 0.3) is 89.5 Å². The zero-order valence-electron chi connectivity index (χ0n) is 36.6. The standard InChI is InChI=1S/C45H29N3O/c1-4-12-30(13-5-1)32-20-22-33(23-21-32)34-24-26-36(27-25-34)44-46-43(35-16-8-3-9-17-35)47-45(48-44)40-29-37(31-14-6-2-7-15-31)28-39-38-18-10-11-19-41(38)49-42(39)40/h1-29H/i2D,6D,7D,10D,11D,14D,15D,18D,19D,28D,29D. The summed E-state index contributed by atoms with van der Waals surface area (Å²) in [6.45, 7) is 0. The van der Waals surface area contributed by atoms with E-state index in [2.05, 4.69) is 24.3 Å². The fourth-order valence-corrected chi connectivity index (χ4v) is 5.74. The van der Waals surface area contributed by atoms with E-state index < -0.39 is 77.6 Å². The largest absolute Gasteiger partial charge is 0.455 e. The van der Waals surface area contributed by atoms with Crippen LogP contribution in [0.4, 0.5) is 0 Å². The van der Waals surface area contributed by atoms with Crippen molar-refractivity contribution in [2.45, 2.75) is 0 Å². The Bertz CT molecular complexity index is 3170. The molecule has 4 nitrogen and oxygen atoms in total. The Kier molecular flexibility index (Phi) is 4.78. The number of rotatable bonds is 6. The zero-order chi connectivity index (χ0) is 42.1. The number of benzene rings is 7. The van der Waals surface area contributed by atoms with Gasteiger partial charge in [-0.1, -0.05) is 158 Å². The molecule has 2 heterocycles. The van der Waals surface area contributed by atoms with Gasteiger partial charge in [0.25, 0.3) is 0 Å². The summed E-state index contributed by atoms with van der Waals surface area (Å²) in [5.41, 5.74) is 3.75. The van der Waals surface area contributed by atoms with Gasteiger partial charge in [-0.3, -0.25) is 0 Å². The third-order valence-electron chi connectivity index (χ3n) is 8.17. The quantitative estimate of drug-likeness (QED) is 0.182. The van der Waals surface area contributed by atoms with Crippen LogP contribution in [0, 0.1) is 0 Å². The highest BCUT2D eigenvalue weighted by Crippen LogP contribution is 2.39. The molecule has 49 heavy (non-hydrogen) atoms. The van der Waals surface area contributed by atoms with E-state index in [0.29, 0.717) is 11.1 Å². The van der Waals surface area contributed by atoms with Crippen LogP contribution >= 0.6 is 0 Å². The van der Waals surface area contributed by atoms with Gasteiger partial charge < -0.3 is 4.42 Å². The maximum Gasteiger partial charge on any atom is 0.167 e. The minimum absolute atomic E-state index is 0.141. The van der Waals surface area contributed by atoms with Crippen molar-refractivity contribution in [1.82, 2.24) is 15.0 Å². The molecule has 0 amide bonds. The van der Waals surface area contributed by atoms with Crippen molar-refractivity contribution in [3.63, 3.8) is 0 Å². The molecule has 230 valence electrons. The van der Waals surface area contributed by atoms with Crippen molar-refractivity contribution in [2.75, 3.05) is 0 Å². The van der Waals surface area contributed by atoms with E-state index in [1.54, 1.807) is 24.3 Å². The third-order valence-corrected chi connectivity index (χ3v) is 8.17. The smallest absolute Gasteiger partial charge is 0.167 e. The van der Waals surface area contributed by atoms with E-state index in [9.17, 15) is 2.74 Å². The summed E-state index contributed by atoms with van der Waals surface area (Å²) < 4.78 is 102. The van der Waals surface area contributed by atoms with Gasteiger partial charge in [0.05, 0.1) is 20.6 Å². The van der Waals surface area contributed by atoms with Crippen molar-refractivity contribution in [3.8, 4) is 67.5 Å². The Labute approximate surface area is 299 Å². The van der Waals surface area contributed by atoms with Gasteiger partial charge in [0.15, 0.2) is 17.5 Å². The molecular weight excluding hydrogens is 599 g/mol. The molecule has 0 aliphatic heterocycles. The van der Waals surface area contributed by atoms with Crippen molar-refractivity contribution in [3.05, 3.63) is 176 Å². The molecule has 0 N–H and O–H groups in total. The van der Waals surface area contributed by atoms with Gasteiger partial charge in [0.1, 0.15) is 11.2 Å². The molecule has 0 aliphatic carbocycles. The maximum atomic E-state index is 9.66. The van der Waals surface area contributed by atoms with Gasteiger partial charge >= 0.3 is 0 Å². The molecular formula is C45H29N3O. The van der Waals surface area contributed by atoms with Crippen molar-refractivity contribution >= 4 is 21.9 Å². The van der Waals surface area contributed by atoms with Crippen LogP contribution in [0.1, 0.15) is 15.1 Å². The summed E-state index contributed by atoms with van der Waals surface area (Å²) in [7, 11) is 0. The monoisotopic (exact) mass is 638 g/mol. The van der Waals surface area contributed by atoms with E-state index in [4.69, 9.17) is 31.7 Å². The molecule has 0 bridgehead atoms. The number of furan rings is 1. The molecule has 0 radical (unpaired) electrons. The second-order valence-corrected chi connectivity index (χ2v) is 11.2. The first-order valence-corrected chi connectivity index (χ1v) is 15.5. The van der Waals surface area contributed by atoms with Crippen LogP contribution in [-0.2, 0) is 0 Å². The summed E-state index contributed by atoms with van der Waals surface area (Å²) in [6, 6.07) is 28.2. The van der Waals surface area contributed by atoms with Crippen LogP contribution in [0.2, 0.25) is 0 Å². The molecule has 0 unspecified atom stereocenters. The Morgan fingerprint density at radius 3 is 1.51 bits per heavy atom. The summed E-state index contributed by atoms with van der Waals surface area (Å²) in [5.74, 6) is 0.248. The Morgan fingerprint density at radius 1 is 0.388 bits per heavy atom. The lowest BCUT2D eigenvalue weighted by atomic mass is 9.98. The van der Waals surface area contributed by atoms with Gasteiger partial charge in [0.2, 0.25) is 0 Å². The van der Waals surface area contributed by atoms with Crippen molar-refractivity contribution in [2.24, 2.45) is 0 Å². The second kappa shape index (κ2) is 12.2. The normalized spacial score (nSPS) is 14.4. The van der Waals surface area contributed by atoms with E-state index >= 15 is 0 Å². The number of fused-ring (bicyclic) bond motifs is 3. The molecule has 7 aromatic carbocycles. The van der Waals surface area contributed by atoms with Crippen LogP contribution in [0.15, 0.2) is 180 Å². The average Bonchev–Trinajstić information content (AvgIpc) is 3.69. The van der Waals surface area contributed by atoms with Gasteiger partial charge in [-0.15, -0.1) is 0 Å². The lowest BCUT2D eigenvalue weighted by Gasteiger charge is -2.11. The number of hydrogen-bond acceptors (Lipinski definition) is 4. The lowest BCUT2D eigenvalue weighted by molar-refractivity contribution is 0.669. The van der Waals surface area contributed by atoms with Crippen LogP contribution < -0.4 is 0 Å². The fraction of sp³-hybridized carbons (Fsp3) is 0. The first-order valence-electron chi connectivity index (χ1n) is 21.0. The van der Waals surface area contributed by atoms with Gasteiger partial charge in [-0.2, -0.15) is 0 Å². The number of aromatic nitrogens is 3. The Morgan fingerprint density at radius 2 is 0.878 bits per heavy atom. The van der Waals surface area contributed by atoms with Gasteiger partial charge in [-0.05, 0) is 51.5 Å². The van der Waals surface area contributed by atoms with Gasteiger partial charge in [0, 0.05) is 21.9 Å². The minimum atomic E-state index is -0.685. The van der Waals surface area contributed by atoms with Gasteiger partial charge in [-0.25, -0.2) is 15.0 Å². The lowest BCUT2D eigenvalue weighted by Crippen LogP contribution is -2.00. The highest BCUT2D eigenvalue weighted by Gasteiger charge is 2.19. The van der Waals surface area contributed by atoms with E-state index in [-0.39, 0.29) is 45.0 Å². The van der Waals surface area contributed by atoms with Crippen LogP contribution in [0.5, 0.6) is 0 Å². The number of nitrogens with zero attached hydrogens (tertiary/aromatic N) is 3. The molecule has 0 aliphatic rings. The zero-order valence-corrected chi connectivity index (χ0v) is 25.6. The van der Waals surface area contributed by atoms with E-state index in [0.717, 1.165) is 22.3 Å². The Balaban J connectivity index is 1.31. The van der Waals surface area contributed by atoms with E-state index in [1.807, 2.05) is 60.7 Å². The third kappa shape index (κ3) is 5.45. The fourth-order valence-electron chi connectivity index (χ4n) is 5.74. The minimum Gasteiger partial charge on any atom is -0.455 e. The first-order chi connectivity index (χ1) is 28.8. The molecule has 0 saturated carbocycles. The molecule has 9 rings (SSSR count). The molecule has 0 saturated heterocycles. The number of hydrogen-bond donors (Lipinski definition) is 0.